The van der Waals surface area contributed by atoms with Crippen LogP contribution in [0.3, 0.4) is 0 Å². The molecule has 0 unspecified atom stereocenters. The van der Waals surface area contributed by atoms with Gasteiger partial charge in [-0.05, 0) is 47.2 Å². The summed E-state index contributed by atoms with van der Waals surface area (Å²) in [6.07, 6.45) is 0. The van der Waals surface area contributed by atoms with Crippen LogP contribution in [0.5, 0.6) is 0 Å². The Kier molecular flexibility index (Phi) is 5.06. The fourth-order valence-electron chi connectivity index (χ4n) is 1.64. The molecule has 0 saturated heterocycles. The van der Waals surface area contributed by atoms with Crippen molar-refractivity contribution in [1.82, 2.24) is 4.67 Å². The first-order chi connectivity index (χ1) is 9.08. The quantitative estimate of drug-likeness (QED) is 0.644. The molecular weight excluding hydrogens is 298 g/mol. The lowest BCUT2D eigenvalue weighted by Crippen LogP contribution is -2.09. The van der Waals surface area contributed by atoms with Crippen molar-refractivity contribution in [3.63, 3.8) is 0 Å². The fourth-order valence-corrected chi connectivity index (χ4v) is 3.38. The van der Waals surface area contributed by atoms with Gasteiger partial charge in [0.25, 0.3) is 0 Å². The maximum atomic E-state index is 6.41. The highest BCUT2D eigenvalue weighted by atomic mass is 35.9. The maximum Gasteiger partial charge on any atom is 0.210 e. The van der Waals surface area contributed by atoms with Crippen LogP contribution in [0.2, 0.25) is 0 Å². The van der Waals surface area contributed by atoms with Crippen LogP contribution < -0.4 is 0 Å². The van der Waals surface area contributed by atoms with E-state index in [1.807, 2.05) is 72.4 Å². The summed E-state index contributed by atoms with van der Waals surface area (Å²) in [5.41, 5.74) is 1.97. The molecule has 100 valence electrons. The van der Waals surface area contributed by atoms with Crippen molar-refractivity contribution in [2.24, 2.45) is 4.74 Å². The summed E-state index contributed by atoms with van der Waals surface area (Å²) >= 11 is 12.8. The smallest absolute Gasteiger partial charge is 0.210 e. The predicted molar refractivity (Wildman–Crippen MR) is 85.1 cm³/mol. The Hall–Kier alpha value is -0.790. The SMILES string of the molecule is CN(Cc1ccccc1)P(Cl)(Cl)=Nc1ccccc1. The number of halogens is 2. The van der Waals surface area contributed by atoms with Gasteiger partial charge >= 0.3 is 0 Å². The molecule has 0 aliphatic carbocycles. The maximum absolute atomic E-state index is 6.41. The van der Waals surface area contributed by atoms with Crippen molar-refractivity contribution in [3.8, 4) is 0 Å². The van der Waals surface area contributed by atoms with Crippen molar-refractivity contribution in [2.45, 2.75) is 6.54 Å². The number of rotatable bonds is 4. The molecule has 5 heteroatoms. The fraction of sp³-hybridized carbons (Fsp3) is 0.143. The van der Waals surface area contributed by atoms with E-state index in [9.17, 15) is 0 Å². The van der Waals surface area contributed by atoms with Gasteiger partial charge in [-0.25, -0.2) is 9.42 Å². The van der Waals surface area contributed by atoms with Crippen molar-refractivity contribution < 1.29 is 0 Å². The summed E-state index contributed by atoms with van der Waals surface area (Å²) in [5.74, 6) is -2.52. The molecule has 2 rings (SSSR count). The average Bonchev–Trinajstić information content (AvgIpc) is 2.40. The van der Waals surface area contributed by atoms with Crippen molar-refractivity contribution >= 4 is 34.1 Å². The van der Waals surface area contributed by atoms with Gasteiger partial charge in [0.15, 0.2) is 0 Å². The first kappa shape index (κ1) is 14.6. The molecule has 2 nitrogen and oxygen atoms in total. The topological polar surface area (TPSA) is 15.6 Å². The summed E-state index contributed by atoms with van der Waals surface area (Å²) in [4.78, 5) is 0. The molecule has 0 N–H and O–H groups in total. The lowest BCUT2D eigenvalue weighted by Gasteiger charge is -2.22. The third-order valence-electron chi connectivity index (χ3n) is 2.66. The first-order valence-corrected chi connectivity index (χ1v) is 9.40. The van der Waals surface area contributed by atoms with E-state index < -0.39 is 5.91 Å². The van der Waals surface area contributed by atoms with Crippen LogP contribution in [-0.2, 0) is 6.54 Å². The van der Waals surface area contributed by atoms with Crippen LogP contribution in [0.4, 0.5) is 5.69 Å². The summed E-state index contributed by atoms with van der Waals surface area (Å²) < 4.78 is 6.36. The van der Waals surface area contributed by atoms with E-state index in [1.54, 1.807) is 0 Å². The van der Waals surface area contributed by atoms with E-state index in [1.165, 1.54) is 5.56 Å². The third kappa shape index (κ3) is 4.36. The minimum absolute atomic E-state index is 0.679. The second-order valence-corrected chi connectivity index (χ2v) is 9.33. The van der Waals surface area contributed by atoms with E-state index in [2.05, 4.69) is 4.74 Å². The van der Waals surface area contributed by atoms with Gasteiger partial charge in [-0.15, -0.1) is 0 Å². The van der Waals surface area contributed by atoms with Crippen LogP contribution >= 0.6 is 28.4 Å². The number of hydrogen-bond acceptors (Lipinski definition) is 1. The second kappa shape index (κ2) is 6.58. The molecular formula is C14H15Cl2N2P. The number of benzene rings is 2. The number of hydrogen-bond donors (Lipinski definition) is 0. The molecule has 2 aromatic rings. The predicted octanol–water partition coefficient (Wildman–Crippen LogP) is 5.87. The van der Waals surface area contributed by atoms with Crippen LogP contribution in [0.1, 0.15) is 5.56 Å². The molecule has 0 fully saturated rings. The molecule has 0 radical (unpaired) electrons. The van der Waals surface area contributed by atoms with Crippen LogP contribution in [-0.4, -0.2) is 11.7 Å². The summed E-state index contributed by atoms with van der Waals surface area (Å²) in [6.45, 7) is 0.679. The van der Waals surface area contributed by atoms with Crippen LogP contribution in [0, 0.1) is 0 Å². The highest BCUT2D eigenvalue weighted by molar-refractivity contribution is 8.08. The van der Waals surface area contributed by atoms with E-state index in [0.29, 0.717) is 6.54 Å². The molecule has 0 atom stereocenters. The second-order valence-electron chi connectivity index (χ2n) is 4.19. The van der Waals surface area contributed by atoms with Crippen molar-refractivity contribution in [3.05, 3.63) is 66.2 Å². The third-order valence-corrected chi connectivity index (χ3v) is 6.09. The zero-order chi connectivity index (χ0) is 13.7. The number of nitrogens with zero attached hydrogens (tertiary/aromatic N) is 2. The normalized spacial score (nSPS) is 11.6. The van der Waals surface area contributed by atoms with Crippen molar-refractivity contribution in [1.29, 1.82) is 0 Å². The van der Waals surface area contributed by atoms with Gasteiger partial charge in [-0.2, -0.15) is 0 Å². The van der Waals surface area contributed by atoms with Gasteiger partial charge in [0.2, 0.25) is 5.91 Å². The Labute approximate surface area is 123 Å². The Morgan fingerprint density at radius 2 is 1.47 bits per heavy atom. The van der Waals surface area contributed by atoms with Gasteiger partial charge in [-0.3, -0.25) is 0 Å². The summed E-state index contributed by atoms with van der Waals surface area (Å²) in [5, 5.41) is 0. The lowest BCUT2D eigenvalue weighted by atomic mass is 10.2. The van der Waals surface area contributed by atoms with Crippen LogP contribution in [0.15, 0.2) is 65.4 Å². The highest BCUT2D eigenvalue weighted by Gasteiger charge is 2.19. The van der Waals surface area contributed by atoms with Crippen molar-refractivity contribution in [2.75, 3.05) is 7.05 Å². The molecule has 0 heterocycles. The Morgan fingerprint density at radius 1 is 0.947 bits per heavy atom. The molecule has 0 amide bonds. The molecule has 0 aliphatic heterocycles. The monoisotopic (exact) mass is 312 g/mol. The zero-order valence-electron chi connectivity index (χ0n) is 10.6. The van der Waals surface area contributed by atoms with E-state index in [0.717, 1.165) is 5.69 Å². The Morgan fingerprint density at radius 3 is 2.05 bits per heavy atom. The molecule has 0 aliphatic rings. The standard InChI is InChI=1S/C14H15Cl2N2P/c1-18(12-13-8-4-2-5-9-13)19(15,16)17-14-10-6-3-7-11-14/h2-11H,12H2,1H3. The van der Waals surface area contributed by atoms with E-state index in [-0.39, 0.29) is 0 Å². The largest absolute Gasteiger partial charge is 0.244 e. The molecule has 0 bridgehead atoms. The van der Waals surface area contributed by atoms with Gasteiger partial charge in [0.05, 0.1) is 5.69 Å². The highest BCUT2D eigenvalue weighted by Crippen LogP contribution is 2.64. The minimum Gasteiger partial charge on any atom is -0.244 e. The Bertz CT molecular complexity index is 567. The summed E-state index contributed by atoms with van der Waals surface area (Å²) in [6, 6.07) is 19.7. The van der Waals surface area contributed by atoms with Crippen LogP contribution in [0.25, 0.3) is 0 Å². The van der Waals surface area contributed by atoms with Gasteiger partial charge in [0.1, 0.15) is 0 Å². The van der Waals surface area contributed by atoms with E-state index in [4.69, 9.17) is 22.5 Å². The zero-order valence-corrected chi connectivity index (χ0v) is 13.0. The summed E-state index contributed by atoms with van der Waals surface area (Å²) in [7, 11) is 1.90. The lowest BCUT2D eigenvalue weighted by molar-refractivity contribution is 0.553. The molecule has 0 aromatic heterocycles. The minimum atomic E-state index is -2.52. The molecule has 19 heavy (non-hydrogen) atoms. The van der Waals surface area contributed by atoms with E-state index >= 15 is 0 Å². The average molecular weight is 313 g/mol. The van der Waals surface area contributed by atoms with Gasteiger partial charge in [0, 0.05) is 6.54 Å². The first-order valence-electron chi connectivity index (χ1n) is 5.90. The molecule has 0 saturated carbocycles. The molecule has 2 aromatic carbocycles. The van der Waals surface area contributed by atoms with Gasteiger partial charge < -0.3 is 0 Å². The Balaban J connectivity index is 2.17. The molecule has 0 spiro atoms. The van der Waals surface area contributed by atoms with Gasteiger partial charge in [-0.1, -0.05) is 48.5 Å².